The van der Waals surface area contributed by atoms with Gasteiger partial charge in [0.15, 0.2) is 5.82 Å². The SMILES string of the molecule is Cc1c(-c2cc(C(F)F)c(N[C@@H]3CC4CN(CC5CCOCC5)C[C@H]4C3)nn2)ccc2nn(C)cc12. The van der Waals surface area contributed by atoms with Crippen molar-refractivity contribution >= 4 is 16.7 Å². The van der Waals surface area contributed by atoms with E-state index in [1.54, 1.807) is 4.68 Å². The number of rotatable bonds is 6. The van der Waals surface area contributed by atoms with E-state index in [0.29, 0.717) is 17.5 Å². The molecule has 0 amide bonds. The van der Waals surface area contributed by atoms with E-state index in [1.807, 2.05) is 32.3 Å². The topological polar surface area (TPSA) is 68.1 Å². The van der Waals surface area contributed by atoms with E-state index < -0.39 is 6.43 Å². The van der Waals surface area contributed by atoms with Crippen molar-refractivity contribution in [2.24, 2.45) is 24.8 Å². The van der Waals surface area contributed by atoms with Crippen LogP contribution in [-0.2, 0) is 11.8 Å². The Morgan fingerprint density at radius 1 is 1.11 bits per heavy atom. The van der Waals surface area contributed by atoms with Crippen LogP contribution in [0.25, 0.3) is 22.2 Å². The zero-order chi connectivity index (χ0) is 24.8. The first-order chi connectivity index (χ1) is 17.4. The lowest BCUT2D eigenvalue weighted by Gasteiger charge is -2.28. The number of anilines is 1. The van der Waals surface area contributed by atoms with Crippen LogP contribution in [0.4, 0.5) is 14.6 Å². The second-order valence-corrected chi connectivity index (χ2v) is 10.9. The molecule has 36 heavy (non-hydrogen) atoms. The minimum Gasteiger partial charge on any atom is -0.381 e. The summed E-state index contributed by atoms with van der Waals surface area (Å²) < 4.78 is 35.5. The van der Waals surface area contributed by atoms with E-state index >= 15 is 0 Å². The van der Waals surface area contributed by atoms with Gasteiger partial charge in [-0.25, -0.2) is 8.78 Å². The minimum absolute atomic E-state index is 0.0797. The summed E-state index contributed by atoms with van der Waals surface area (Å²) in [7, 11) is 1.87. The molecule has 9 heteroatoms. The number of alkyl halides is 2. The maximum Gasteiger partial charge on any atom is 0.267 e. The van der Waals surface area contributed by atoms with Crippen LogP contribution in [0.15, 0.2) is 24.4 Å². The van der Waals surface area contributed by atoms with Crippen LogP contribution in [0.5, 0.6) is 0 Å². The fourth-order valence-corrected chi connectivity index (χ4v) is 6.60. The Morgan fingerprint density at radius 3 is 2.58 bits per heavy atom. The molecular weight excluding hydrogens is 462 g/mol. The third-order valence-corrected chi connectivity index (χ3v) is 8.43. The highest BCUT2D eigenvalue weighted by atomic mass is 19.3. The van der Waals surface area contributed by atoms with Gasteiger partial charge in [-0.1, -0.05) is 6.07 Å². The number of nitrogens with one attached hydrogen (secondary N) is 1. The lowest BCUT2D eigenvalue weighted by atomic mass is 10.00. The summed E-state index contributed by atoms with van der Waals surface area (Å²) in [5.41, 5.74) is 3.02. The lowest BCUT2D eigenvalue weighted by molar-refractivity contribution is 0.0545. The molecular formula is C27H34F2N6O. The monoisotopic (exact) mass is 496 g/mol. The number of aryl methyl sites for hydroxylation is 2. The normalized spacial score (nSPS) is 25.2. The number of likely N-dealkylation sites (tertiary alicyclic amines) is 1. The van der Waals surface area contributed by atoms with E-state index in [4.69, 9.17) is 4.74 Å². The number of nitrogens with zero attached hydrogens (tertiary/aromatic N) is 5. The highest BCUT2D eigenvalue weighted by Crippen LogP contribution is 2.41. The van der Waals surface area contributed by atoms with E-state index in [0.717, 1.165) is 79.9 Å². The molecule has 3 aromatic rings. The molecule has 3 aliphatic rings. The standard InChI is InChI=1S/C27H34F2N6O/c1-16-21(3-4-24-23(16)15-34(2)33-24)25-11-22(26(28)29)27(32-31-25)30-20-9-18-13-35(14-19(18)10-20)12-17-5-7-36-8-6-17/h3-4,11,15,17-20,26H,5-10,12-14H2,1-2H3,(H,30,32)/t18-,19?,20+/m1/s1. The molecule has 4 heterocycles. The minimum atomic E-state index is -2.62. The van der Waals surface area contributed by atoms with E-state index in [1.165, 1.54) is 12.6 Å². The van der Waals surface area contributed by atoms with Crippen molar-refractivity contribution in [3.63, 3.8) is 0 Å². The largest absolute Gasteiger partial charge is 0.381 e. The molecule has 0 spiro atoms. The molecule has 1 aromatic carbocycles. The number of hydrogen-bond donors (Lipinski definition) is 1. The molecule has 2 aromatic heterocycles. The van der Waals surface area contributed by atoms with Gasteiger partial charge in [0.1, 0.15) is 0 Å². The zero-order valence-corrected chi connectivity index (χ0v) is 21.0. The highest BCUT2D eigenvalue weighted by Gasteiger charge is 2.41. The third-order valence-electron chi connectivity index (χ3n) is 8.43. The van der Waals surface area contributed by atoms with Crippen LogP contribution in [0.2, 0.25) is 0 Å². The molecule has 0 radical (unpaired) electrons. The Kier molecular flexibility index (Phi) is 6.37. The van der Waals surface area contributed by atoms with Crippen LogP contribution >= 0.6 is 0 Å². The Morgan fingerprint density at radius 2 is 1.86 bits per heavy atom. The summed E-state index contributed by atoms with van der Waals surface area (Å²) >= 11 is 0. The fourth-order valence-electron chi connectivity index (χ4n) is 6.60. The molecule has 1 unspecified atom stereocenters. The lowest BCUT2D eigenvalue weighted by Crippen LogP contribution is -2.32. The molecule has 2 saturated heterocycles. The van der Waals surface area contributed by atoms with Crippen LogP contribution in [-0.4, -0.2) is 63.8 Å². The van der Waals surface area contributed by atoms with Crippen molar-refractivity contribution in [1.82, 2.24) is 24.9 Å². The average Bonchev–Trinajstić information content (AvgIpc) is 3.53. The van der Waals surface area contributed by atoms with Gasteiger partial charge in [0.2, 0.25) is 0 Å². The molecule has 192 valence electrons. The number of ether oxygens (including phenoxy) is 1. The van der Waals surface area contributed by atoms with Gasteiger partial charge in [-0.3, -0.25) is 4.68 Å². The van der Waals surface area contributed by atoms with Gasteiger partial charge >= 0.3 is 0 Å². The predicted octanol–water partition coefficient (Wildman–Crippen LogP) is 4.83. The van der Waals surface area contributed by atoms with Gasteiger partial charge in [0.05, 0.1) is 16.8 Å². The first kappa shape index (κ1) is 23.7. The van der Waals surface area contributed by atoms with E-state index in [2.05, 4.69) is 25.5 Å². The summed E-state index contributed by atoms with van der Waals surface area (Å²) in [5, 5.41) is 17.4. The third kappa shape index (κ3) is 4.59. The van der Waals surface area contributed by atoms with Crippen molar-refractivity contribution in [3.05, 3.63) is 35.5 Å². The number of halogens is 2. The van der Waals surface area contributed by atoms with Gasteiger partial charge in [0, 0.05) is 63.1 Å². The number of hydrogen-bond acceptors (Lipinski definition) is 6. The second-order valence-electron chi connectivity index (χ2n) is 10.9. The maximum atomic E-state index is 14.1. The first-order valence-electron chi connectivity index (χ1n) is 13.1. The van der Waals surface area contributed by atoms with Gasteiger partial charge in [-0.15, -0.1) is 10.2 Å². The Balaban J connectivity index is 1.14. The second kappa shape index (κ2) is 9.67. The quantitative estimate of drug-likeness (QED) is 0.528. The fraction of sp³-hybridized carbons (Fsp3) is 0.593. The summed E-state index contributed by atoms with van der Waals surface area (Å²) in [4.78, 5) is 2.61. The molecule has 7 nitrogen and oxygen atoms in total. The molecule has 2 aliphatic heterocycles. The van der Waals surface area contributed by atoms with Crippen LogP contribution in [0.1, 0.15) is 43.2 Å². The number of fused-ring (bicyclic) bond motifs is 2. The van der Waals surface area contributed by atoms with Gasteiger partial charge in [0.25, 0.3) is 6.43 Å². The Bertz CT molecular complexity index is 1230. The summed E-state index contributed by atoms with van der Waals surface area (Å²) in [6, 6.07) is 5.45. The molecule has 1 N–H and O–H groups in total. The Labute approximate surface area is 210 Å². The van der Waals surface area contributed by atoms with Crippen molar-refractivity contribution in [2.75, 3.05) is 38.2 Å². The summed E-state index contributed by atoms with van der Waals surface area (Å²) in [6.45, 7) is 7.15. The van der Waals surface area contributed by atoms with Crippen LogP contribution < -0.4 is 5.32 Å². The van der Waals surface area contributed by atoms with E-state index in [-0.39, 0.29) is 17.4 Å². The van der Waals surface area contributed by atoms with Gasteiger partial charge in [-0.2, -0.15) is 5.10 Å². The van der Waals surface area contributed by atoms with Crippen molar-refractivity contribution in [2.45, 2.75) is 45.1 Å². The highest BCUT2D eigenvalue weighted by molar-refractivity contribution is 5.88. The van der Waals surface area contributed by atoms with Crippen molar-refractivity contribution in [3.8, 4) is 11.3 Å². The van der Waals surface area contributed by atoms with Crippen molar-refractivity contribution in [1.29, 1.82) is 0 Å². The van der Waals surface area contributed by atoms with E-state index in [9.17, 15) is 8.78 Å². The van der Waals surface area contributed by atoms with Gasteiger partial charge in [-0.05, 0) is 68.1 Å². The molecule has 1 saturated carbocycles. The smallest absolute Gasteiger partial charge is 0.267 e. The maximum absolute atomic E-state index is 14.1. The molecule has 0 bridgehead atoms. The predicted molar refractivity (Wildman–Crippen MR) is 135 cm³/mol. The average molecular weight is 497 g/mol. The molecule has 6 rings (SSSR count). The zero-order valence-electron chi connectivity index (χ0n) is 21.0. The first-order valence-corrected chi connectivity index (χ1v) is 13.1. The van der Waals surface area contributed by atoms with Crippen LogP contribution in [0.3, 0.4) is 0 Å². The number of aromatic nitrogens is 4. The summed E-state index contributed by atoms with van der Waals surface area (Å²) in [6.07, 6.45) is 3.64. The molecule has 3 fully saturated rings. The number of benzene rings is 1. The Hall–Kier alpha value is -2.65. The van der Waals surface area contributed by atoms with Gasteiger partial charge < -0.3 is 15.0 Å². The van der Waals surface area contributed by atoms with Crippen LogP contribution in [0, 0.1) is 24.7 Å². The summed E-state index contributed by atoms with van der Waals surface area (Å²) in [5.74, 6) is 2.21. The molecule has 1 aliphatic carbocycles. The van der Waals surface area contributed by atoms with Crippen molar-refractivity contribution < 1.29 is 13.5 Å². The molecule has 3 atom stereocenters.